The van der Waals surface area contributed by atoms with Crippen LogP contribution in [-0.4, -0.2) is 21.3 Å². The molecule has 1 aliphatic rings. The van der Waals surface area contributed by atoms with Gasteiger partial charge in [0.25, 0.3) is 0 Å². The van der Waals surface area contributed by atoms with Crippen LogP contribution in [0.15, 0.2) is 0 Å². The molecule has 0 fully saturated rings. The zero-order valence-corrected chi connectivity index (χ0v) is 10.5. The smallest absolute Gasteiger partial charge is 0.150 e. The van der Waals surface area contributed by atoms with E-state index in [-0.39, 0.29) is 0 Å². The first-order valence-electron chi connectivity index (χ1n) is 6.48. The zero-order valence-electron chi connectivity index (χ0n) is 10.5. The van der Waals surface area contributed by atoms with E-state index in [1.54, 1.807) is 0 Å². The predicted molar refractivity (Wildman–Crippen MR) is 64.4 cm³/mol. The van der Waals surface area contributed by atoms with Crippen LogP contribution in [0.25, 0.3) is 0 Å². The summed E-state index contributed by atoms with van der Waals surface area (Å²) in [4.78, 5) is 0. The Labute approximate surface area is 97.5 Å². The molecule has 0 amide bonds. The van der Waals surface area contributed by atoms with Crippen LogP contribution in [0.1, 0.15) is 63.6 Å². The minimum absolute atomic E-state index is 0.393. The number of rotatable bonds is 4. The van der Waals surface area contributed by atoms with Crippen molar-refractivity contribution >= 4 is 0 Å². The summed E-state index contributed by atoms with van der Waals surface area (Å²) in [5.41, 5.74) is 0. The lowest BCUT2D eigenvalue weighted by atomic mass is 10.0. The largest absolute Gasteiger partial charge is 0.312 e. The normalized spacial score (nSPS) is 20.1. The maximum atomic E-state index is 4.41. The van der Waals surface area contributed by atoms with Gasteiger partial charge in [0.2, 0.25) is 0 Å². The number of hydrogen-bond acceptors (Lipinski definition) is 3. The minimum atomic E-state index is 0.393. The molecular formula is C12H22N4. The second-order valence-electron chi connectivity index (χ2n) is 4.50. The lowest BCUT2D eigenvalue weighted by Crippen LogP contribution is -2.34. The molecule has 2 heterocycles. The Kier molecular flexibility index (Phi) is 3.59. The van der Waals surface area contributed by atoms with Crippen LogP contribution in [-0.2, 0) is 6.54 Å². The Morgan fingerprint density at radius 3 is 2.69 bits per heavy atom. The second-order valence-corrected chi connectivity index (χ2v) is 4.50. The van der Waals surface area contributed by atoms with Gasteiger partial charge in [-0.05, 0) is 19.3 Å². The summed E-state index contributed by atoms with van der Waals surface area (Å²) in [5.74, 6) is 2.90. The molecule has 1 aromatic heterocycles. The lowest BCUT2D eigenvalue weighted by Gasteiger charge is -2.25. The van der Waals surface area contributed by atoms with Gasteiger partial charge < -0.3 is 9.88 Å². The summed E-state index contributed by atoms with van der Waals surface area (Å²) in [6.45, 7) is 8.71. The molecule has 4 heteroatoms. The fraction of sp³-hybridized carbons (Fsp3) is 0.833. The van der Waals surface area contributed by atoms with Crippen LogP contribution < -0.4 is 5.32 Å². The van der Waals surface area contributed by atoms with E-state index in [1.807, 2.05) is 0 Å². The van der Waals surface area contributed by atoms with Crippen LogP contribution in [0.2, 0.25) is 0 Å². The van der Waals surface area contributed by atoms with Crippen molar-refractivity contribution in [3.05, 3.63) is 11.6 Å². The van der Waals surface area contributed by atoms with Gasteiger partial charge in [0, 0.05) is 19.0 Å². The monoisotopic (exact) mass is 222 g/mol. The molecule has 0 aromatic carbocycles. The highest BCUT2D eigenvalue weighted by Crippen LogP contribution is 2.26. The second kappa shape index (κ2) is 4.95. The number of hydrogen-bond donors (Lipinski definition) is 1. The quantitative estimate of drug-likeness (QED) is 0.849. The van der Waals surface area contributed by atoms with Crippen LogP contribution >= 0.6 is 0 Å². The molecule has 0 spiro atoms. The highest BCUT2D eigenvalue weighted by molar-refractivity contribution is 5.07. The highest BCUT2D eigenvalue weighted by Gasteiger charge is 2.25. The van der Waals surface area contributed by atoms with E-state index in [9.17, 15) is 0 Å². The standard InChI is InChI=1S/C12H22N4/c1-4-9(5-2)11-14-15-12-10(6-3)13-7-8-16(11)12/h9-10,13H,4-8H2,1-3H3. The van der Waals surface area contributed by atoms with Crippen LogP contribution in [0.5, 0.6) is 0 Å². The maximum Gasteiger partial charge on any atom is 0.150 e. The summed E-state index contributed by atoms with van der Waals surface area (Å²) in [6, 6.07) is 0.393. The van der Waals surface area contributed by atoms with Crippen molar-refractivity contribution in [2.45, 2.75) is 58.5 Å². The molecule has 1 aliphatic heterocycles. The summed E-state index contributed by atoms with van der Waals surface area (Å²) in [7, 11) is 0. The molecule has 90 valence electrons. The van der Waals surface area contributed by atoms with Crippen molar-refractivity contribution < 1.29 is 0 Å². The van der Waals surface area contributed by atoms with Gasteiger partial charge in [-0.1, -0.05) is 20.8 Å². The van der Waals surface area contributed by atoms with E-state index in [1.165, 1.54) is 5.82 Å². The fourth-order valence-electron chi connectivity index (χ4n) is 2.54. The molecular weight excluding hydrogens is 200 g/mol. The lowest BCUT2D eigenvalue weighted by molar-refractivity contribution is 0.393. The van der Waals surface area contributed by atoms with Crippen molar-refractivity contribution in [2.75, 3.05) is 6.54 Å². The Morgan fingerprint density at radius 1 is 1.31 bits per heavy atom. The molecule has 2 rings (SSSR count). The Balaban J connectivity index is 2.32. The summed E-state index contributed by atoms with van der Waals surface area (Å²) in [5, 5.41) is 12.3. The molecule has 1 aromatic rings. The molecule has 4 nitrogen and oxygen atoms in total. The Bertz CT molecular complexity index is 341. The molecule has 0 bridgehead atoms. The number of nitrogens with one attached hydrogen (secondary N) is 1. The fourth-order valence-corrected chi connectivity index (χ4v) is 2.54. The summed E-state index contributed by atoms with van der Waals surface area (Å²) >= 11 is 0. The number of aromatic nitrogens is 3. The van der Waals surface area contributed by atoms with Gasteiger partial charge in [0.05, 0.1) is 6.04 Å². The number of fused-ring (bicyclic) bond motifs is 1. The van der Waals surface area contributed by atoms with Crippen LogP contribution in [0.3, 0.4) is 0 Å². The first-order chi connectivity index (χ1) is 7.81. The molecule has 0 aliphatic carbocycles. The van der Waals surface area contributed by atoms with E-state index in [0.717, 1.165) is 38.2 Å². The molecule has 1 atom stereocenters. The summed E-state index contributed by atoms with van der Waals surface area (Å²) < 4.78 is 2.34. The predicted octanol–water partition coefficient (Wildman–Crippen LogP) is 2.24. The van der Waals surface area contributed by atoms with Gasteiger partial charge >= 0.3 is 0 Å². The van der Waals surface area contributed by atoms with Crippen LogP contribution in [0, 0.1) is 0 Å². The highest BCUT2D eigenvalue weighted by atomic mass is 15.3. The van der Waals surface area contributed by atoms with Gasteiger partial charge in [0.15, 0.2) is 0 Å². The topological polar surface area (TPSA) is 42.7 Å². The van der Waals surface area contributed by atoms with Crippen molar-refractivity contribution in [3.8, 4) is 0 Å². The average Bonchev–Trinajstić information content (AvgIpc) is 2.75. The van der Waals surface area contributed by atoms with Gasteiger partial charge in [-0.3, -0.25) is 0 Å². The number of nitrogens with zero attached hydrogens (tertiary/aromatic N) is 3. The molecule has 0 radical (unpaired) electrons. The first-order valence-corrected chi connectivity index (χ1v) is 6.48. The third kappa shape index (κ3) is 1.86. The third-order valence-corrected chi connectivity index (χ3v) is 3.60. The third-order valence-electron chi connectivity index (χ3n) is 3.60. The van der Waals surface area contributed by atoms with Crippen LogP contribution in [0.4, 0.5) is 0 Å². The van der Waals surface area contributed by atoms with E-state index >= 15 is 0 Å². The minimum Gasteiger partial charge on any atom is -0.312 e. The van der Waals surface area contributed by atoms with Gasteiger partial charge in [-0.25, -0.2) is 0 Å². The van der Waals surface area contributed by atoms with Crippen molar-refractivity contribution in [1.29, 1.82) is 0 Å². The van der Waals surface area contributed by atoms with E-state index in [4.69, 9.17) is 0 Å². The van der Waals surface area contributed by atoms with E-state index < -0.39 is 0 Å². The Morgan fingerprint density at radius 2 is 2.06 bits per heavy atom. The summed E-state index contributed by atoms with van der Waals surface area (Å²) in [6.07, 6.45) is 3.39. The van der Waals surface area contributed by atoms with E-state index in [0.29, 0.717) is 12.0 Å². The SMILES string of the molecule is CCC(CC)c1nnc2n1CCNC2CC. The van der Waals surface area contributed by atoms with Gasteiger partial charge in [0.1, 0.15) is 11.6 Å². The molecule has 0 saturated carbocycles. The van der Waals surface area contributed by atoms with Gasteiger partial charge in [-0.15, -0.1) is 10.2 Å². The molecule has 16 heavy (non-hydrogen) atoms. The van der Waals surface area contributed by atoms with Gasteiger partial charge in [-0.2, -0.15) is 0 Å². The van der Waals surface area contributed by atoms with Crippen molar-refractivity contribution in [2.24, 2.45) is 0 Å². The molecule has 1 N–H and O–H groups in total. The molecule has 1 unspecified atom stereocenters. The van der Waals surface area contributed by atoms with Crippen molar-refractivity contribution in [3.63, 3.8) is 0 Å². The van der Waals surface area contributed by atoms with Crippen molar-refractivity contribution in [1.82, 2.24) is 20.1 Å². The Hall–Kier alpha value is -0.900. The average molecular weight is 222 g/mol. The molecule has 0 saturated heterocycles. The van der Waals surface area contributed by atoms with E-state index in [2.05, 4.69) is 40.9 Å². The zero-order chi connectivity index (χ0) is 11.5. The maximum absolute atomic E-state index is 4.41. The first kappa shape index (κ1) is 11.6.